The molecule has 3 aromatic rings. The summed E-state index contributed by atoms with van der Waals surface area (Å²) >= 11 is 0. The van der Waals surface area contributed by atoms with E-state index in [1.54, 1.807) is 18.3 Å². The highest BCUT2D eigenvalue weighted by Crippen LogP contribution is 2.35. The normalized spacial score (nSPS) is 16.1. The Hall–Kier alpha value is -2.45. The molecule has 2 aromatic heterocycles. The van der Waals surface area contributed by atoms with Crippen LogP contribution in [0.2, 0.25) is 0 Å². The minimum atomic E-state index is -4.43. The Labute approximate surface area is 154 Å². The van der Waals surface area contributed by atoms with Gasteiger partial charge in [0.2, 0.25) is 0 Å². The van der Waals surface area contributed by atoms with Crippen LogP contribution in [0.4, 0.5) is 13.2 Å². The largest absolute Gasteiger partial charge is 0.416 e. The average Bonchev–Trinajstić information content (AvgIpc) is 3.08. The molecule has 1 aliphatic rings. The fourth-order valence-electron chi connectivity index (χ4n) is 3.30. The second-order valence-corrected chi connectivity index (χ2v) is 6.67. The number of rotatable bonds is 3. The summed E-state index contributed by atoms with van der Waals surface area (Å²) in [7, 11) is 0. The Morgan fingerprint density at radius 3 is 2.67 bits per heavy atom. The van der Waals surface area contributed by atoms with Crippen LogP contribution in [0, 0.1) is 6.92 Å². The molecule has 1 N–H and O–H groups in total. The second-order valence-electron chi connectivity index (χ2n) is 6.67. The summed E-state index contributed by atoms with van der Waals surface area (Å²) in [4.78, 5) is 13.6. The van der Waals surface area contributed by atoms with E-state index in [2.05, 4.69) is 15.0 Å². The zero-order valence-electron chi connectivity index (χ0n) is 14.8. The van der Waals surface area contributed by atoms with Crippen LogP contribution in [0.25, 0.3) is 22.6 Å². The number of benzene rings is 1. The van der Waals surface area contributed by atoms with Gasteiger partial charge in [-0.05, 0) is 30.2 Å². The molecule has 27 heavy (non-hydrogen) atoms. The van der Waals surface area contributed by atoms with Crippen LogP contribution in [0.15, 0.2) is 30.5 Å². The summed E-state index contributed by atoms with van der Waals surface area (Å²) in [5.74, 6) is 0.384. The minimum Gasteiger partial charge on any atom is -0.379 e. The van der Waals surface area contributed by atoms with Gasteiger partial charge in [0.05, 0.1) is 24.3 Å². The van der Waals surface area contributed by atoms with Gasteiger partial charge >= 0.3 is 6.18 Å². The molecule has 1 aromatic carbocycles. The van der Waals surface area contributed by atoms with Crippen molar-refractivity contribution in [2.45, 2.75) is 19.6 Å². The first-order valence-electron chi connectivity index (χ1n) is 8.74. The number of hydrogen-bond acceptors (Lipinski definition) is 4. The Kier molecular flexibility index (Phi) is 4.61. The van der Waals surface area contributed by atoms with E-state index in [1.807, 2.05) is 17.9 Å². The van der Waals surface area contributed by atoms with E-state index in [4.69, 9.17) is 4.74 Å². The number of ether oxygens (including phenoxy) is 1. The zero-order chi connectivity index (χ0) is 19.0. The number of aromatic amines is 1. The molecule has 1 aliphatic heterocycles. The standard InChI is InChI=1S/C19H19F3N4O/c1-12-4-5-23-18-16(12)24-17(25-18)13-2-3-14(15(10-13)19(20,21)22)11-26-6-8-27-9-7-26/h2-5,10H,6-9,11H2,1H3,(H,23,24,25). The van der Waals surface area contributed by atoms with Crippen LogP contribution in [0.1, 0.15) is 16.7 Å². The first kappa shape index (κ1) is 17.9. The maximum Gasteiger partial charge on any atom is 0.416 e. The molecular weight excluding hydrogens is 357 g/mol. The summed E-state index contributed by atoms with van der Waals surface area (Å²) in [5, 5.41) is 0. The van der Waals surface area contributed by atoms with Crippen molar-refractivity contribution in [2.24, 2.45) is 0 Å². The number of fused-ring (bicyclic) bond motifs is 1. The van der Waals surface area contributed by atoms with Crippen LogP contribution in [0.5, 0.6) is 0 Å². The Balaban J connectivity index is 1.72. The predicted molar refractivity (Wildman–Crippen MR) is 95.2 cm³/mol. The average molecular weight is 376 g/mol. The molecule has 4 rings (SSSR count). The molecule has 1 saturated heterocycles. The number of nitrogens with zero attached hydrogens (tertiary/aromatic N) is 3. The van der Waals surface area contributed by atoms with Gasteiger partial charge in [-0.15, -0.1) is 0 Å². The van der Waals surface area contributed by atoms with Crippen molar-refractivity contribution in [2.75, 3.05) is 26.3 Å². The van der Waals surface area contributed by atoms with Gasteiger partial charge in [-0.1, -0.05) is 12.1 Å². The van der Waals surface area contributed by atoms with Crippen LogP contribution in [-0.4, -0.2) is 46.2 Å². The van der Waals surface area contributed by atoms with Crippen molar-refractivity contribution < 1.29 is 17.9 Å². The summed E-state index contributed by atoms with van der Waals surface area (Å²) < 4.78 is 46.3. The molecule has 0 amide bonds. The van der Waals surface area contributed by atoms with Crippen LogP contribution < -0.4 is 0 Å². The summed E-state index contributed by atoms with van der Waals surface area (Å²) in [5.41, 5.74) is 2.20. The molecule has 0 bridgehead atoms. The molecular formula is C19H19F3N4O. The number of imidazole rings is 1. The van der Waals surface area contributed by atoms with Crippen molar-refractivity contribution in [1.82, 2.24) is 19.9 Å². The fourth-order valence-corrected chi connectivity index (χ4v) is 3.30. The topological polar surface area (TPSA) is 54.0 Å². The third-order valence-electron chi connectivity index (χ3n) is 4.79. The molecule has 0 radical (unpaired) electrons. The molecule has 8 heteroatoms. The van der Waals surface area contributed by atoms with Gasteiger partial charge in [-0.3, -0.25) is 4.90 Å². The number of aryl methyl sites for hydroxylation is 1. The molecule has 0 spiro atoms. The van der Waals surface area contributed by atoms with Crippen LogP contribution in [0.3, 0.4) is 0 Å². The number of pyridine rings is 1. The lowest BCUT2D eigenvalue weighted by Gasteiger charge is -2.27. The van der Waals surface area contributed by atoms with Crippen molar-refractivity contribution in [3.8, 4) is 11.4 Å². The van der Waals surface area contributed by atoms with Crippen molar-refractivity contribution in [1.29, 1.82) is 0 Å². The van der Waals surface area contributed by atoms with Gasteiger partial charge in [-0.25, -0.2) is 9.97 Å². The molecule has 0 unspecified atom stereocenters. The predicted octanol–water partition coefficient (Wildman–Crippen LogP) is 3.78. The number of aromatic nitrogens is 3. The smallest absolute Gasteiger partial charge is 0.379 e. The highest BCUT2D eigenvalue weighted by Gasteiger charge is 2.34. The van der Waals surface area contributed by atoms with Gasteiger partial charge in [0.1, 0.15) is 5.82 Å². The number of halogens is 3. The van der Waals surface area contributed by atoms with Crippen LogP contribution >= 0.6 is 0 Å². The summed E-state index contributed by atoms with van der Waals surface area (Å²) in [6.07, 6.45) is -2.80. The number of nitrogens with one attached hydrogen (secondary N) is 1. The maximum atomic E-state index is 13.7. The Morgan fingerprint density at radius 1 is 1.19 bits per heavy atom. The van der Waals surface area contributed by atoms with Gasteiger partial charge in [0.15, 0.2) is 5.65 Å². The fraction of sp³-hybridized carbons (Fsp3) is 0.368. The summed E-state index contributed by atoms with van der Waals surface area (Å²) in [6, 6.07) is 6.22. The quantitative estimate of drug-likeness (QED) is 0.756. The number of morpholine rings is 1. The highest BCUT2D eigenvalue weighted by molar-refractivity contribution is 5.78. The third-order valence-corrected chi connectivity index (χ3v) is 4.79. The Morgan fingerprint density at radius 2 is 1.96 bits per heavy atom. The number of alkyl halides is 3. The second kappa shape index (κ2) is 6.94. The van der Waals surface area contributed by atoms with E-state index in [-0.39, 0.29) is 12.1 Å². The van der Waals surface area contributed by atoms with E-state index in [0.29, 0.717) is 43.3 Å². The van der Waals surface area contributed by atoms with Gasteiger partial charge in [0, 0.05) is 31.4 Å². The first-order valence-corrected chi connectivity index (χ1v) is 8.74. The maximum absolute atomic E-state index is 13.7. The molecule has 3 heterocycles. The first-order chi connectivity index (χ1) is 12.9. The van der Waals surface area contributed by atoms with Gasteiger partial charge in [0.25, 0.3) is 0 Å². The number of hydrogen-bond donors (Lipinski definition) is 1. The van der Waals surface area contributed by atoms with Crippen molar-refractivity contribution in [3.05, 3.63) is 47.2 Å². The van der Waals surface area contributed by atoms with E-state index < -0.39 is 11.7 Å². The number of H-pyrrole nitrogens is 1. The lowest BCUT2D eigenvalue weighted by molar-refractivity contribution is -0.138. The molecule has 1 fully saturated rings. The molecule has 0 saturated carbocycles. The van der Waals surface area contributed by atoms with E-state index in [1.165, 1.54) is 6.07 Å². The monoisotopic (exact) mass is 376 g/mol. The van der Waals surface area contributed by atoms with E-state index in [0.717, 1.165) is 11.1 Å². The third kappa shape index (κ3) is 3.68. The molecule has 5 nitrogen and oxygen atoms in total. The zero-order valence-corrected chi connectivity index (χ0v) is 14.8. The van der Waals surface area contributed by atoms with Gasteiger partial charge in [-0.2, -0.15) is 13.2 Å². The van der Waals surface area contributed by atoms with Crippen molar-refractivity contribution in [3.63, 3.8) is 0 Å². The SMILES string of the molecule is Cc1ccnc2nc(-c3ccc(CN4CCOCC4)c(C(F)(F)F)c3)[nH]c12. The Bertz CT molecular complexity index is 961. The van der Waals surface area contributed by atoms with E-state index >= 15 is 0 Å². The summed E-state index contributed by atoms with van der Waals surface area (Å²) in [6.45, 7) is 4.51. The molecule has 0 atom stereocenters. The van der Waals surface area contributed by atoms with E-state index in [9.17, 15) is 13.2 Å². The highest BCUT2D eigenvalue weighted by atomic mass is 19.4. The molecule has 142 valence electrons. The van der Waals surface area contributed by atoms with Gasteiger partial charge < -0.3 is 9.72 Å². The lowest BCUT2D eigenvalue weighted by Crippen LogP contribution is -2.36. The minimum absolute atomic E-state index is 0.249. The molecule has 0 aliphatic carbocycles. The van der Waals surface area contributed by atoms with Crippen molar-refractivity contribution >= 4 is 11.2 Å². The lowest BCUT2D eigenvalue weighted by atomic mass is 10.0. The van der Waals surface area contributed by atoms with Crippen LogP contribution in [-0.2, 0) is 17.5 Å².